The Morgan fingerprint density at radius 1 is 0.640 bits per heavy atom. The van der Waals surface area contributed by atoms with Crippen molar-refractivity contribution < 1.29 is 126 Å². The largest absolute Gasteiger partial charge is 3.00 e. The zero-order valence-corrected chi connectivity index (χ0v) is 58.8. The van der Waals surface area contributed by atoms with Gasteiger partial charge in [0.1, 0.15) is 48.0 Å². The molecule has 1 aromatic heterocycles. The third-order valence-electron chi connectivity index (χ3n) is 16.7. The number of phenols is 1. The number of hydrogen-bond acceptors (Lipinski definition) is 25. The van der Waals surface area contributed by atoms with Gasteiger partial charge in [0, 0.05) is 120 Å². The summed E-state index contributed by atoms with van der Waals surface area (Å²) in [4.78, 5) is 151. The molecule has 16 N–H and O–H groups in total. The van der Waals surface area contributed by atoms with Crippen molar-refractivity contribution in [1.82, 2.24) is 67.1 Å². The minimum Gasteiger partial charge on any atom is -0.830 e. The fourth-order valence-corrected chi connectivity index (χ4v) is 13.4. The van der Waals surface area contributed by atoms with Crippen LogP contribution in [0.3, 0.4) is 0 Å². The van der Waals surface area contributed by atoms with Gasteiger partial charge in [-0.1, -0.05) is 82.3 Å². The van der Waals surface area contributed by atoms with E-state index in [2.05, 4.69) is 47.5 Å². The topological polar surface area (TPSA) is 492 Å². The van der Waals surface area contributed by atoms with Crippen LogP contribution in [0.4, 0.5) is 0 Å². The fraction of sp³-hybridized carbons (Fsp3) is 0.538. The number of para-hydroxylation sites is 1. The first-order valence-electron chi connectivity index (χ1n) is 32.6. The predicted octanol–water partition coefficient (Wildman–Crippen LogP) is -7.54. The molecule has 0 radical (unpaired) electrons. The summed E-state index contributed by atoms with van der Waals surface area (Å²) in [7, 11) is 1.80. The van der Waals surface area contributed by atoms with Crippen LogP contribution in [0.5, 0.6) is 5.75 Å². The number of hydrogen-bond donors (Lipinski definition) is 15. The van der Waals surface area contributed by atoms with Crippen molar-refractivity contribution in [1.29, 1.82) is 0 Å². The van der Waals surface area contributed by atoms with Crippen molar-refractivity contribution in [3.8, 4) is 5.75 Å². The monoisotopic (exact) mass is 1600 g/mol. The summed E-state index contributed by atoms with van der Waals surface area (Å²) in [6.45, 7) is 0.580. The summed E-state index contributed by atoms with van der Waals surface area (Å²) in [5, 5.41) is 109. The van der Waals surface area contributed by atoms with E-state index in [1.54, 1.807) is 70.6 Å². The Bertz CT molecular complexity index is 3310. The number of β-amino-alcohol motifs (C(OH)–C–C–N with tert-alkyl or cyclic N) is 1. The smallest absolute Gasteiger partial charge is 0.830 e. The number of H-pyrrole nitrogens is 1. The van der Waals surface area contributed by atoms with Gasteiger partial charge in [-0.15, -0.1) is 0 Å². The number of aliphatic hydroxyl groups is 4. The molecule has 100 heavy (non-hydrogen) atoms. The van der Waals surface area contributed by atoms with Crippen molar-refractivity contribution in [3.63, 3.8) is 0 Å². The molecule has 1 unspecified atom stereocenters. The molecule has 2 aliphatic rings. The molecule has 0 saturated carbocycles. The van der Waals surface area contributed by atoms with Gasteiger partial charge in [0.05, 0.1) is 43.3 Å². The van der Waals surface area contributed by atoms with Gasteiger partial charge in [0.15, 0.2) is 0 Å². The number of rotatable bonds is 26. The molecule has 0 bridgehead atoms. The zero-order valence-electron chi connectivity index (χ0n) is 55.5. The quantitative estimate of drug-likeness (QED) is 0.0158. The zero-order chi connectivity index (χ0) is 72.1. The molecule has 556 valence electrons. The molecule has 8 amide bonds. The number of phenolic OH excluding ortho intramolecular Hbond substituents is 1. The molecular formula is C65H91LuN14O18S2. The van der Waals surface area contributed by atoms with E-state index in [-0.39, 0.29) is 152 Å². The van der Waals surface area contributed by atoms with Crippen LogP contribution in [0.25, 0.3) is 10.9 Å². The maximum Gasteiger partial charge on any atom is 3.00 e. The van der Waals surface area contributed by atoms with Crippen LogP contribution >= 0.6 is 21.6 Å². The molecular weight excluding hydrogens is 1510 g/mol. The number of fused-ring (bicyclic) bond motifs is 1. The molecule has 0 spiro atoms. The van der Waals surface area contributed by atoms with Gasteiger partial charge in [-0.05, 0) is 80.8 Å². The third-order valence-corrected chi connectivity index (χ3v) is 19.1. The minimum atomic E-state index is -2.04. The third kappa shape index (κ3) is 28.6. The molecule has 35 heteroatoms. The van der Waals surface area contributed by atoms with Crippen LogP contribution in [-0.4, -0.2) is 279 Å². The van der Waals surface area contributed by atoms with Gasteiger partial charge in [0.25, 0.3) is 0 Å². The number of carboxylic acid groups (broad SMARTS) is 2. The molecule has 3 heterocycles. The second-order valence-electron chi connectivity index (χ2n) is 24.5. The number of nitrogens with two attached hydrogens (primary N) is 1. The number of amides is 8. The molecule has 32 nitrogen and oxygen atoms in total. The van der Waals surface area contributed by atoms with Crippen LogP contribution in [0.1, 0.15) is 49.8 Å². The van der Waals surface area contributed by atoms with Gasteiger partial charge in [0.2, 0.25) is 47.3 Å². The summed E-state index contributed by atoms with van der Waals surface area (Å²) in [5.41, 5.74) is 8.03. The average molecular weight is 1600 g/mol. The number of aromatic hydroxyl groups is 1. The van der Waals surface area contributed by atoms with E-state index in [1.165, 1.54) is 47.9 Å². The Morgan fingerprint density at radius 3 is 1.77 bits per heavy atom. The van der Waals surface area contributed by atoms with Crippen molar-refractivity contribution in [2.24, 2.45) is 5.73 Å². The van der Waals surface area contributed by atoms with Gasteiger partial charge in [-0.3, -0.25) is 58.0 Å². The molecule has 6 rings (SSSR count). The Balaban J connectivity index is 0.0000180. The van der Waals surface area contributed by atoms with E-state index in [0.29, 0.717) is 34.0 Å². The Labute approximate surface area is 616 Å². The number of carbonyl (C=O) groups is 10. The first kappa shape index (κ1) is 83.9. The number of carbonyl (C=O) groups excluding carboxylic acids is 10. The SMILES string of the molecule is C[C@@H](O)[C@@H]1NC(=O)[C@H](CCCCN)NC(=O)[C@@H](Cc2c[nH]c3ccccc23)NC(=O)[C@H](Cc2ccc(O)cc2)NC(=O)[C@@H](NC(=O)[C@@H](Cc2ccccc2)NC(=O)CN2CCN(CC(=O)[O-])CCN(CC(=O)[O-])CCN(CC([O-])O)CC2)CSSC[C@@H](C(=O)N[C@H](CO)[C@@H](C)O)NC1=O.[177Lu+3]. The fourth-order valence-electron chi connectivity index (χ4n) is 11.1. The van der Waals surface area contributed by atoms with Crippen molar-refractivity contribution in [2.45, 2.75) is 119 Å². The van der Waals surface area contributed by atoms with Crippen LogP contribution in [0.15, 0.2) is 85.1 Å². The van der Waals surface area contributed by atoms with Crippen LogP contribution < -0.4 is 63.6 Å². The van der Waals surface area contributed by atoms with Gasteiger partial charge >= 0.3 is 36.9 Å². The second kappa shape index (κ2) is 43.2. The number of unbranched alkanes of at least 4 members (excludes halogenated alkanes) is 1. The van der Waals surface area contributed by atoms with Gasteiger partial charge in [-0.25, -0.2) is 0 Å². The van der Waals surface area contributed by atoms with E-state index >= 15 is 14.4 Å². The Hall–Kier alpha value is -6.77. The van der Waals surface area contributed by atoms with E-state index in [1.807, 2.05) is 0 Å². The summed E-state index contributed by atoms with van der Waals surface area (Å²) in [5.74, 6) is -11.1. The first-order chi connectivity index (χ1) is 47.3. The number of carboxylic acids is 2. The van der Waals surface area contributed by atoms with Crippen LogP contribution in [0, 0.1) is 36.9 Å². The predicted molar refractivity (Wildman–Crippen MR) is 359 cm³/mol. The van der Waals surface area contributed by atoms with E-state index in [4.69, 9.17) is 5.73 Å². The van der Waals surface area contributed by atoms with Gasteiger partial charge < -0.3 is 104 Å². The second-order valence-corrected chi connectivity index (χ2v) is 27.0. The van der Waals surface area contributed by atoms with Crippen LogP contribution in [0.2, 0.25) is 0 Å². The Morgan fingerprint density at radius 2 is 1.19 bits per heavy atom. The number of nitrogens with zero attached hydrogens (tertiary/aromatic N) is 4. The number of nitrogens with one attached hydrogen (secondary N) is 9. The van der Waals surface area contributed by atoms with E-state index in [9.17, 15) is 74.4 Å². The summed E-state index contributed by atoms with van der Waals surface area (Å²) in [6.07, 6.45) is -3.39. The van der Waals surface area contributed by atoms with Gasteiger partial charge in [-0.2, -0.15) is 0 Å². The molecule has 11 atom stereocenters. The maximum absolute atomic E-state index is 15.3. The number of aliphatic hydroxyl groups excluding tert-OH is 4. The molecule has 0 aliphatic carbocycles. The minimum absolute atomic E-state index is 0. The number of aromatic nitrogens is 1. The van der Waals surface area contributed by atoms with E-state index in [0.717, 1.165) is 21.6 Å². The van der Waals surface area contributed by atoms with Crippen LogP contribution in [-0.2, 0) is 67.2 Å². The molecule has 3 aromatic carbocycles. The summed E-state index contributed by atoms with van der Waals surface area (Å²) < 4.78 is 0. The molecule has 2 fully saturated rings. The number of aliphatic carboxylic acids is 2. The average Bonchev–Trinajstić information content (AvgIpc) is 1.62. The van der Waals surface area contributed by atoms with E-state index < -0.39 is 152 Å². The molecule has 4 aromatic rings. The van der Waals surface area contributed by atoms with Crippen molar-refractivity contribution in [3.05, 3.63) is 102 Å². The standard InChI is InChI=1S/C65H93N14O18S2.Lu/c1-39(81)51(36-80)72-64(96)53-38-99-98-37-52(73-60(92)48(28-41-10-4-3-5-11-41)68-54(84)32-76-20-22-77(33-55(85)86)24-26-79(35-57(89)90)27-25-78(23-21-76)34-56(87)88)63(95)70-49(29-42-15-17-44(83)18-16-42)61(93)71-50(30-43-31-67-46-13-7-6-12-45(43)46)62(94)69-47(14-8-9-19-66)59(91)75-58(40(2)82)65(97)74-53;/h3-7,10-13,15-18,31,39-40,47-53,55,58,67,80-83,85H,8-9,14,19-30,32-38,66H2,1-2H3,(H,68,84)(H,69,94)(H,70,95)(H,71,93)(H,72,96)(H,73,92)(H,74,97)(H,75,91)(H,87,88)(H,89,90);/q-1;+3/p-2/t39-,40-,47+,48-,49+,50-,51-,52+,53+,55?,58+;/m1./s1/i;1+2. The van der Waals surface area contributed by atoms with Crippen molar-refractivity contribution in [2.75, 3.05) is 103 Å². The number of aromatic amines is 1. The maximum atomic E-state index is 15.3. The normalized spacial score (nSPS) is 22.2. The van der Waals surface area contributed by atoms with Crippen molar-refractivity contribution >= 4 is 91.7 Å². The first-order valence-corrected chi connectivity index (χ1v) is 35.1. The Kier molecular flexibility index (Phi) is 36.3. The number of benzene rings is 3. The molecule has 2 saturated heterocycles. The summed E-state index contributed by atoms with van der Waals surface area (Å²) >= 11 is 0. The summed E-state index contributed by atoms with van der Waals surface area (Å²) in [6, 6.07) is 9.12. The molecule has 2 aliphatic heterocycles.